The first-order valence-electron chi connectivity index (χ1n) is 12.5. The van der Waals surface area contributed by atoms with E-state index in [2.05, 4.69) is 20.9 Å². The van der Waals surface area contributed by atoms with Gasteiger partial charge in [-0.05, 0) is 6.07 Å². The number of benzodiazepines with no additional fused rings is 1. The minimum Gasteiger partial charge on any atom is -0.407 e. The van der Waals surface area contributed by atoms with E-state index in [4.69, 9.17) is 30.4 Å². The van der Waals surface area contributed by atoms with Crippen LogP contribution in [0.4, 0.5) is 5.69 Å². The maximum Gasteiger partial charge on any atom is 0.290 e. The van der Waals surface area contributed by atoms with E-state index in [0.29, 0.717) is 50.9 Å². The minimum absolute atomic E-state index is 0.0630. The highest BCUT2D eigenvalue weighted by Crippen LogP contribution is 2.23. The second-order valence-corrected chi connectivity index (χ2v) is 8.64. The maximum atomic E-state index is 13.1. The van der Waals surface area contributed by atoms with Crippen molar-refractivity contribution in [2.45, 2.75) is 6.17 Å². The van der Waals surface area contributed by atoms with Crippen LogP contribution in [0.2, 0.25) is 0 Å². The van der Waals surface area contributed by atoms with Gasteiger partial charge in [0.2, 0.25) is 12.1 Å². The monoisotopic (exact) mass is 532 g/mol. The zero-order chi connectivity index (χ0) is 27.6. The molecule has 0 radical (unpaired) electrons. The fourth-order valence-corrected chi connectivity index (χ4v) is 4.03. The van der Waals surface area contributed by atoms with Gasteiger partial charge in [-0.15, -0.1) is 0 Å². The number of morpholine rings is 1. The van der Waals surface area contributed by atoms with Gasteiger partial charge in [0.05, 0.1) is 36.8 Å². The van der Waals surface area contributed by atoms with Gasteiger partial charge in [-0.2, -0.15) is 0 Å². The van der Waals surface area contributed by atoms with Gasteiger partial charge in [0, 0.05) is 44.1 Å². The molecule has 0 aliphatic carbocycles. The first kappa shape index (κ1) is 27.5. The average Bonchev–Trinajstić information content (AvgIpc) is 3.09. The summed E-state index contributed by atoms with van der Waals surface area (Å²) in [6.07, 6.45) is 0.298. The zero-order valence-corrected chi connectivity index (χ0v) is 21.6. The van der Waals surface area contributed by atoms with Crippen molar-refractivity contribution in [1.82, 2.24) is 15.5 Å². The van der Waals surface area contributed by atoms with Gasteiger partial charge in [0.25, 0.3) is 11.9 Å². The van der Waals surface area contributed by atoms with Crippen LogP contribution >= 0.6 is 0 Å². The molecular weight excluding hydrogens is 500 g/mol. The molecule has 1 unspecified atom stereocenters. The van der Waals surface area contributed by atoms with Crippen molar-refractivity contribution in [3.63, 3.8) is 0 Å². The molecule has 4 rings (SSSR count). The second kappa shape index (κ2) is 13.3. The number of ether oxygens (including phenoxy) is 3. The maximum absolute atomic E-state index is 13.1. The second-order valence-electron chi connectivity index (χ2n) is 8.64. The Balaban J connectivity index is 1.52. The van der Waals surface area contributed by atoms with Crippen LogP contribution in [-0.2, 0) is 19.0 Å². The number of nitrogens with zero attached hydrogens (tertiary/aromatic N) is 2. The Morgan fingerprint density at radius 2 is 1.85 bits per heavy atom. The molecule has 0 bridgehead atoms. The first-order chi connectivity index (χ1) is 19.0. The number of fused-ring (bicyclic) bond motifs is 1. The predicted molar refractivity (Wildman–Crippen MR) is 149 cm³/mol. The van der Waals surface area contributed by atoms with Crippen LogP contribution in [0.1, 0.15) is 11.1 Å². The fourth-order valence-electron chi connectivity index (χ4n) is 4.03. The summed E-state index contributed by atoms with van der Waals surface area (Å²) in [5.74, 6) is -0.849. The third-order valence-corrected chi connectivity index (χ3v) is 5.99. The Labute approximate surface area is 226 Å². The van der Waals surface area contributed by atoms with Crippen molar-refractivity contribution in [3.8, 4) is 0 Å². The average molecular weight is 533 g/mol. The molecule has 2 aliphatic heterocycles. The number of carbonyl (C=O) groups is 1. The van der Waals surface area contributed by atoms with E-state index in [0.717, 1.165) is 11.1 Å². The van der Waals surface area contributed by atoms with Gasteiger partial charge in [-0.1, -0.05) is 48.5 Å². The van der Waals surface area contributed by atoms with Crippen LogP contribution in [0.15, 0.2) is 71.4 Å². The molecule has 0 saturated carbocycles. The Hall–Kier alpha value is -4.55. The van der Waals surface area contributed by atoms with Crippen molar-refractivity contribution >= 4 is 35.1 Å². The molecule has 1 saturated heterocycles. The lowest BCUT2D eigenvalue weighted by Crippen LogP contribution is -2.45. The molecule has 1 fully saturated rings. The van der Waals surface area contributed by atoms with E-state index in [1.54, 1.807) is 18.1 Å². The van der Waals surface area contributed by atoms with E-state index in [1.165, 1.54) is 6.20 Å². The highest BCUT2D eigenvalue weighted by atomic mass is 16.5. The van der Waals surface area contributed by atoms with Crippen molar-refractivity contribution in [2.75, 3.05) is 51.9 Å². The SMILES string of the molecule is COCCN/C=C(/C(=N)OC(=N)NC1N=C(c2ccccc2)c2ccccc2NC1=O)C(=N)N1CCOCC1. The molecule has 204 valence electrons. The number of benzene rings is 2. The van der Waals surface area contributed by atoms with E-state index < -0.39 is 24.0 Å². The highest BCUT2D eigenvalue weighted by Gasteiger charge is 2.28. The summed E-state index contributed by atoms with van der Waals surface area (Å²) in [7, 11) is 1.58. The van der Waals surface area contributed by atoms with Crippen LogP contribution in [0, 0.1) is 16.2 Å². The Kier molecular flexibility index (Phi) is 9.38. The number of para-hydroxylation sites is 1. The number of carbonyl (C=O) groups excluding carboxylic acids is 1. The lowest BCUT2D eigenvalue weighted by atomic mass is 10.0. The molecule has 1 amide bonds. The quantitative estimate of drug-likeness (QED) is 0.171. The normalized spacial score (nSPS) is 17.2. The van der Waals surface area contributed by atoms with Crippen molar-refractivity contribution in [1.29, 1.82) is 16.2 Å². The number of nitrogens with one attached hydrogen (secondary N) is 6. The van der Waals surface area contributed by atoms with Crippen molar-refractivity contribution in [2.24, 2.45) is 4.99 Å². The molecule has 12 heteroatoms. The molecule has 6 N–H and O–H groups in total. The summed E-state index contributed by atoms with van der Waals surface area (Å²) in [4.78, 5) is 19.5. The predicted octanol–water partition coefficient (Wildman–Crippen LogP) is 1.75. The summed E-state index contributed by atoms with van der Waals surface area (Å²) in [5, 5.41) is 34.1. The topological polar surface area (TPSA) is 168 Å². The van der Waals surface area contributed by atoms with Gasteiger partial charge in [0.1, 0.15) is 5.84 Å². The molecule has 2 heterocycles. The summed E-state index contributed by atoms with van der Waals surface area (Å²) in [5.41, 5.74) is 2.86. The van der Waals surface area contributed by atoms with Gasteiger partial charge in [0.15, 0.2) is 0 Å². The Bertz CT molecular complexity index is 1270. The van der Waals surface area contributed by atoms with Crippen LogP contribution in [0.5, 0.6) is 0 Å². The van der Waals surface area contributed by atoms with E-state index in [-0.39, 0.29) is 11.4 Å². The number of aliphatic imine (C=N–C) groups is 1. The largest absolute Gasteiger partial charge is 0.407 e. The van der Waals surface area contributed by atoms with Gasteiger partial charge in [-0.25, -0.2) is 4.99 Å². The third-order valence-electron chi connectivity index (χ3n) is 5.99. The number of methoxy groups -OCH3 is 1. The first-order valence-corrected chi connectivity index (χ1v) is 12.5. The molecule has 0 aromatic heterocycles. The molecule has 12 nitrogen and oxygen atoms in total. The number of hydrogen-bond donors (Lipinski definition) is 6. The zero-order valence-electron chi connectivity index (χ0n) is 21.6. The van der Waals surface area contributed by atoms with Crippen LogP contribution in [0.25, 0.3) is 0 Å². The summed E-state index contributed by atoms with van der Waals surface area (Å²) < 4.78 is 15.9. The van der Waals surface area contributed by atoms with Gasteiger partial charge in [-0.3, -0.25) is 21.0 Å². The Morgan fingerprint density at radius 3 is 2.59 bits per heavy atom. The van der Waals surface area contributed by atoms with E-state index in [9.17, 15) is 4.79 Å². The van der Waals surface area contributed by atoms with Crippen LogP contribution in [-0.4, -0.2) is 87.0 Å². The number of amidine groups is 2. The molecule has 1 atom stereocenters. The van der Waals surface area contributed by atoms with Crippen molar-refractivity contribution < 1.29 is 19.0 Å². The number of anilines is 1. The van der Waals surface area contributed by atoms with Crippen LogP contribution in [0.3, 0.4) is 0 Å². The molecular formula is C27H32N8O4. The third kappa shape index (κ3) is 7.06. The molecule has 2 aromatic carbocycles. The van der Waals surface area contributed by atoms with Gasteiger partial charge >= 0.3 is 0 Å². The van der Waals surface area contributed by atoms with E-state index >= 15 is 0 Å². The molecule has 39 heavy (non-hydrogen) atoms. The lowest BCUT2D eigenvalue weighted by molar-refractivity contribution is -0.117. The van der Waals surface area contributed by atoms with Crippen LogP contribution < -0.4 is 16.0 Å². The molecule has 0 spiro atoms. The summed E-state index contributed by atoms with van der Waals surface area (Å²) in [6.45, 7) is 2.83. The summed E-state index contributed by atoms with van der Waals surface area (Å²) >= 11 is 0. The van der Waals surface area contributed by atoms with E-state index in [1.807, 2.05) is 48.5 Å². The Morgan fingerprint density at radius 1 is 1.13 bits per heavy atom. The van der Waals surface area contributed by atoms with Crippen molar-refractivity contribution in [3.05, 3.63) is 77.5 Å². The summed E-state index contributed by atoms with van der Waals surface area (Å²) in [6, 6.07) is 16.2. The fraction of sp³-hybridized carbons (Fsp3) is 0.296. The number of amides is 1. The molecule has 2 aromatic rings. The highest BCUT2D eigenvalue weighted by molar-refractivity contribution is 6.21. The smallest absolute Gasteiger partial charge is 0.290 e. The van der Waals surface area contributed by atoms with Gasteiger partial charge < -0.3 is 35.1 Å². The minimum atomic E-state index is -1.20. The number of hydrogen-bond acceptors (Lipinski definition) is 9. The standard InChI is InChI=1S/C27H32N8O4/c1-37-14-11-31-17-20(23(28)35-12-15-38-16-13-35)24(29)39-27(30)34-25-26(36)32-21-10-6-5-9-19(21)22(33-25)18-7-3-2-4-8-18/h2-10,17,25,28-29,31H,11-16H2,1H3,(H2,30,34)(H,32,36)/b20-17+,28-23?,29-24?. The number of rotatable bonds is 8. The lowest BCUT2D eigenvalue weighted by Gasteiger charge is -2.30. The molecule has 2 aliphatic rings.